The van der Waals surface area contributed by atoms with E-state index in [1.54, 1.807) is 0 Å². The Morgan fingerprint density at radius 3 is 0.932 bits per heavy atom. The summed E-state index contributed by atoms with van der Waals surface area (Å²) in [6.45, 7) is 17.5. The van der Waals surface area contributed by atoms with E-state index < -0.39 is 93.7 Å². The number of hydrogen-bond acceptors (Lipinski definition) is 16. The molecule has 416 valence electrons. The summed E-state index contributed by atoms with van der Waals surface area (Å²) in [6.07, 6.45) is 21.3. The van der Waals surface area contributed by atoms with E-state index in [0.717, 1.165) is 128 Å². The molecule has 0 amide bonds. The summed E-state index contributed by atoms with van der Waals surface area (Å²) in [5.74, 6) is -7.60. The van der Waals surface area contributed by atoms with Crippen LogP contribution in [0.25, 0.3) is 0 Å². The van der Waals surface area contributed by atoms with Crippen LogP contribution in [0.2, 0.25) is 0 Å². The molecule has 0 heterocycles. The molecule has 0 N–H and O–H groups in total. The van der Waals surface area contributed by atoms with Gasteiger partial charge in [0, 0.05) is 11.1 Å². The Kier molecular flexibility index (Phi) is 22.6. The Balaban J connectivity index is 0.000000274. The molecule has 0 radical (unpaired) electrons. The molecule has 0 saturated heterocycles. The number of ether oxygens (including phenoxy) is 8. The topological polar surface area (TPSA) is 210 Å². The fourth-order valence-electron chi connectivity index (χ4n) is 11.8. The maximum absolute atomic E-state index is 13.4. The summed E-state index contributed by atoms with van der Waals surface area (Å²) in [5.41, 5.74) is -1.49. The molecule has 6 fully saturated rings. The van der Waals surface area contributed by atoms with Crippen molar-refractivity contribution in [3.8, 4) is 0 Å². The Hall–Kier alpha value is -4.76. The minimum absolute atomic E-state index is 0.0924. The summed E-state index contributed by atoms with van der Waals surface area (Å²) in [7, 11) is 0. The van der Waals surface area contributed by atoms with Crippen LogP contribution in [0, 0.1) is 35.5 Å². The van der Waals surface area contributed by atoms with Crippen LogP contribution < -0.4 is 0 Å². The normalized spacial score (nSPS) is 26.8. The van der Waals surface area contributed by atoms with E-state index in [1.165, 1.54) is 13.8 Å². The van der Waals surface area contributed by atoms with Crippen molar-refractivity contribution in [2.75, 3.05) is 26.4 Å². The third-order valence-corrected chi connectivity index (χ3v) is 16.4. The summed E-state index contributed by atoms with van der Waals surface area (Å²) in [5, 5.41) is 0. The van der Waals surface area contributed by atoms with Crippen LogP contribution in [-0.2, 0) is 76.3 Å². The maximum atomic E-state index is 13.4. The molecule has 6 unspecified atom stereocenters. The van der Waals surface area contributed by atoms with Crippen LogP contribution in [0.1, 0.15) is 208 Å². The van der Waals surface area contributed by atoms with Gasteiger partial charge in [0.1, 0.15) is 48.8 Å². The quantitative estimate of drug-likeness (QED) is 0.0541. The van der Waals surface area contributed by atoms with Gasteiger partial charge in [0.15, 0.2) is 0 Å². The molecule has 0 bridgehead atoms. The van der Waals surface area contributed by atoms with Crippen molar-refractivity contribution < 1.29 is 76.3 Å². The number of carbonyl (C=O) groups excluding carboxylic acids is 8. The highest BCUT2D eigenvalue weighted by Crippen LogP contribution is 2.43. The van der Waals surface area contributed by atoms with Gasteiger partial charge >= 0.3 is 47.8 Å². The van der Waals surface area contributed by atoms with Crippen molar-refractivity contribution in [1.29, 1.82) is 0 Å². The monoisotopic (exact) mass is 1040 g/mol. The Labute approximate surface area is 439 Å². The van der Waals surface area contributed by atoms with E-state index in [4.69, 9.17) is 37.9 Å². The molecule has 16 nitrogen and oxygen atoms in total. The fraction of sp³-hybridized carbons (Fsp3) is 0.793. The molecule has 6 rings (SSSR count). The predicted octanol–water partition coefficient (Wildman–Crippen LogP) is 10.4. The van der Waals surface area contributed by atoms with Gasteiger partial charge in [-0.25, -0.2) is 9.59 Å². The highest BCUT2D eigenvalue weighted by Gasteiger charge is 2.48. The van der Waals surface area contributed by atoms with Gasteiger partial charge in [0.25, 0.3) is 0 Å². The van der Waals surface area contributed by atoms with E-state index in [-0.39, 0.29) is 62.4 Å². The summed E-state index contributed by atoms with van der Waals surface area (Å²) in [6, 6.07) is 0. The summed E-state index contributed by atoms with van der Waals surface area (Å²) >= 11 is 0. The lowest BCUT2D eigenvalue weighted by Crippen LogP contribution is -2.44. The lowest BCUT2D eigenvalue weighted by molar-refractivity contribution is -0.180. The highest BCUT2D eigenvalue weighted by atomic mass is 16.6. The molecule has 6 saturated carbocycles. The first-order chi connectivity index (χ1) is 35.0. The molecule has 16 heteroatoms. The SMILES string of the molecule is C=C(C)C(=O)OCCOC(=O)C1CC(C(=O)OC2(C)CCCCC2)CCC1C(=O)OC1(C)CCCCC1.C=C(C)C(=O)OCCOC(=O)C1CCC(C(=O)OC2(C)CCCCC2)CC1C(=O)OC1(C)CCCCC1. The molecular formula is C58H88O16. The molecule has 6 aliphatic rings. The van der Waals surface area contributed by atoms with E-state index in [2.05, 4.69) is 13.2 Å². The average Bonchev–Trinajstić information content (AvgIpc) is 3.36. The minimum atomic E-state index is -0.818. The fourth-order valence-corrected chi connectivity index (χ4v) is 11.8. The number of rotatable bonds is 18. The Morgan fingerprint density at radius 1 is 0.351 bits per heavy atom. The van der Waals surface area contributed by atoms with Crippen molar-refractivity contribution in [2.24, 2.45) is 35.5 Å². The molecule has 74 heavy (non-hydrogen) atoms. The third kappa shape index (κ3) is 18.2. The second kappa shape index (κ2) is 27.9. The van der Waals surface area contributed by atoms with Crippen molar-refractivity contribution >= 4 is 47.8 Å². The van der Waals surface area contributed by atoms with Gasteiger partial charge in [-0.05, 0) is 183 Å². The van der Waals surface area contributed by atoms with Gasteiger partial charge in [-0.15, -0.1) is 0 Å². The van der Waals surface area contributed by atoms with Gasteiger partial charge < -0.3 is 37.9 Å². The zero-order valence-corrected chi connectivity index (χ0v) is 45.6. The van der Waals surface area contributed by atoms with Crippen LogP contribution in [0.4, 0.5) is 0 Å². The second-order valence-electron chi connectivity index (χ2n) is 23.3. The highest BCUT2D eigenvalue weighted by molar-refractivity contribution is 5.88. The van der Waals surface area contributed by atoms with Crippen LogP contribution in [0.3, 0.4) is 0 Å². The molecule has 6 atom stereocenters. The Morgan fingerprint density at radius 2 is 0.608 bits per heavy atom. The van der Waals surface area contributed by atoms with Crippen molar-refractivity contribution in [1.82, 2.24) is 0 Å². The second-order valence-corrected chi connectivity index (χ2v) is 23.3. The van der Waals surface area contributed by atoms with Gasteiger partial charge in [0.05, 0.1) is 35.5 Å². The third-order valence-electron chi connectivity index (χ3n) is 16.4. The number of esters is 8. The molecule has 0 aromatic rings. The maximum Gasteiger partial charge on any atom is 0.333 e. The van der Waals surface area contributed by atoms with Crippen LogP contribution in [0.5, 0.6) is 0 Å². The number of carbonyl (C=O) groups is 8. The van der Waals surface area contributed by atoms with Crippen molar-refractivity contribution in [3.63, 3.8) is 0 Å². The zero-order valence-electron chi connectivity index (χ0n) is 45.6. The Bertz CT molecular complexity index is 1980. The van der Waals surface area contributed by atoms with Crippen molar-refractivity contribution in [2.45, 2.75) is 231 Å². The largest absolute Gasteiger partial charge is 0.462 e. The predicted molar refractivity (Wildman–Crippen MR) is 272 cm³/mol. The first-order valence-electron chi connectivity index (χ1n) is 27.9. The average molecular weight is 1040 g/mol. The summed E-state index contributed by atoms with van der Waals surface area (Å²) in [4.78, 5) is 102. The van der Waals surface area contributed by atoms with Crippen LogP contribution >= 0.6 is 0 Å². The molecule has 0 aromatic heterocycles. The van der Waals surface area contributed by atoms with E-state index in [1.807, 2.05) is 27.7 Å². The van der Waals surface area contributed by atoms with Gasteiger partial charge in [-0.3, -0.25) is 28.8 Å². The van der Waals surface area contributed by atoms with Gasteiger partial charge in [-0.1, -0.05) is 38.8 Å². The lowest BCUT2D eigenvalue weighted by Gasteiger charge is -2.39. The van der Waals surface area contributed by atoms with Crippen LogP contribution in [-0.4, -0.2) is 96.6 Å². The van der Waals surface area contributed by atoms with E-state index in [0.29, 0.717) is 25.7 Å². The molecular weight excluding hydrogens is 953 g/mol. The van der Waals surface area contributed by atoms with Gasteiger partial charge in [-0.2, -0.15) is 0 Å². The van der Waals surface area contributed by atoms with Crippen molar-refractivity contribution in [3.05, 3.63) is 24.3 Å². The molecule has 0 aliphatic heterocycles. The van der Waals surface area contributed by atoms with Crippen LogP contribution in [0.15, 0.2) is 24.3 Å². The standard InChI is InChI=1S/2C29H44O8/c1-20(2)24(30)34-17-18-35-26(32)23-19-21(25(31)36-28(3)13-7-5-8-14-28)11-12-22(23)27(33)37-29(4)15-9-6-10-16-29;1-20(2)24(30)34-17-18-35-26(32)22-12-11-21(25(31)36-28(3)13-7-5-8-14-28)19-23(22)27(33)37-29(4)15-9-6-10-16-29/h2*21-23H,1,5-19H2,2-4H3. The molecule has 0 spiro atoms. The lowest BCUT2D eigenvalue weighted by atomic mass is 9.73. The van der Waals surface area contributed by atoms with E-state index >= 15 is 0 Å². The zero-order chi connectivity index (χ0) is 54.1. The van der Waals surface area contributed by atoms with Gasteiger partial charge in [0.2, 0.25) is 0 Å². The number of hydrogen-bond donors (Lipinski definition) is 0. The first kappa shape index (κ1) is 60.1. The first-order valence-corrected chi connectivity index (χ1v) is 27.9. The van der Waals surface area contributed by atoms with E-state index in [9.17, 15) is 38.4 Å². The summed E-state index contributed by atoms with van der Waals surface area (Å²) < 4.78 is 44.7. The minimum Gasteiger partial charge on any atom is -0.462 e. The molecule has 6 aliphatic carbocycles. The molecule has 0 aromatic carbocycles. The smallest absolute Gasteiger partial charge is 0.333 e.